The van der Waals surface area contributed by atoms with Gasteiger partial charge in [0.2, 0.25) is 11.8 Å². The largest absolute Gasteiger partial charge is 0.494 e. The number of likely N-dealkylation sites (N-methyl/N-ethyl adjacent to an activating group) is 1. The first-order chi connectivity index (χ1) is 18.6. The minimum atomic E-state index is -4.28. The second-order valence-corrected chi connectivity index (χ2v) is 10.8. The summed E-state index contributed by atoms with van der Waals surface area (Å²) in [5, 5.41) is 2.73. The predicted molar refractivity (Wildman–Crippen MR) is 148 cm³/mol. The smallest absolute Gasteiger partial charge is 0.264 e. The van der Waals surface area contributed by atoms with Crippen molar-refractivity contribution in [1.82, 2.24) is 10.2 Å². The van der Waals surface area contributed by atoms with Crippen molar-refractivity contribution in [2.24, 2.45) is 0 Å². The Labute approximate surface area is 229 Å². The van der Waals surface area contributed by atoms with Crippen molar-refractivity contribution in [2.75, 3.05) is 24.0 Å². The number of benzene rings is 3. The third-order valence-corrected chi connectivity index (χ3v) is 8.02. The van der Waals surface area contributed by atoms with Crippen LogP contribution in [0.5, 0.6) is 5.75 Å². The number of aryl methyl sites for hydroxylation is 1. The normalized spacial score (nSPS) is 11.9. The fourth-order valence-electron chi connectivity index (χ4n) is 4.01. The second kappa shape index (κ2) is 13.2. The lowest BCUT2D eigenvalue weighted by Gasteiger charge is -2.32. The highest BCUT2D eigenvalue weighted by molar-refractivity contribution is 7.92. The molecule has 3 aromatic carbocycles. The van der Waals surface area contributed by atoms with E-state index in [1.165, 1.54) is 17.0 Å². The monoisotopic (exact) mass is 555 g/mol. The number of ether oxygens (including phenoxy) is 1. The average Bonchev–Trinajstić information content (AvgIpc) is 2.92. The summed E-state index contributed by atoms with van der Waals surface area (Å²) in [4.78, 5) is 27.8. The van der Waals surface area contributed by atoms with Crippen LogP contribution in [-0.4, -0.2) is 50.9 Å². The topological polar surface area (TPSA) is 96.0 Å². The maximum atomic E-state index is 13.8. The molecule has 3 aromatic rings. The van der Waals surface area contributed by atoms with Crippen LogP contribution in [0, 0.1) is 12.7 Å². The van der Waals surface area contributed by atoms with Crippen molar-refractivity contribution in [3.8, 4) is 5.75 Å². The van der Waals surface area contributed by atoms with E-state index in [1.807, 2.05) is 38.1 Å². The molecule has 0 heterocycles. The van der Waals surface area contributed by atoms with Gasteiger partial charge < -0.3 is 15.0 Å². The van der Waals surface area contributed by atoms with Gasteiger partial charge in [0.15, 0.2) is 0 Å². The summed E-state index contributed by atoms with van der Waals surface area (Å²) in [5.41, 5.74) is 1.98. The van der Waals surface area contributed by atoms with E-state index in [0.717, 1.165) is 39.7 Å². The van der Waals surface area contributed by atoms with Crippen molar-refractivity contribution in [2.45, 2.75) is 45.2 Å². The summed E-state index contributed by atoms with van der Waals surface area (Å²) >= 11 is 0. The van der Waals surface area contributed by atoms with Crippen molar-refractivity contribution < 1.29 is 27.1 Å². The van der Waals surface area contributed by atoms with Crippen LogP contribution in [0.1, 0.15) is 31.9 Å². The van der Waals surface area contributed by atoms with E-state index in [1.54, 1.807) is 26.0 Å². The zero-order valence-corrected chi connectivity index (χ0v) is 23.4. The third kappa shape index (κ3) is 7.35. The number of carbonyl (C=O) groups is 2. The quantitative estimate of drug-likeness (QED) is 0.360. The molecule has 208 valence electrons. The average molecular weight is 556 g/mol. The lowest BCUT2D eigenvalue weighted by Crippen LogP contribution is -2.51. The minimum absolute atomic E-state index is 0.109. The lowest BCUT2D eigenvalue weighted by atomic mass is 10.1. The number of hydrogen-bond donors (Lipinski definition) is 1. The van der Waals surface area contributed by atoms with Crippen LogP contribution in [0.15, 0.2) is 77.7 Å². The molecule has 0 saturated carbocycles. The fourth-order valence-corrected chi connectivity index (χ4v) is 5.43. The number of anilines is 1. The van der Waals surface area contributed by atoms with E-state index < -0.39 is 34.3 Å². The van der Waals surface area contributed by atoms with E-state index in [0.29, 0.717) is 18.9 Å². The number of carbonyl (C=O) groups excluding carboxylic acids is 2. The maximum Gasteiger partial charge on any atom is 0.264 e. The zero-order valence-electron chi connectivity index (χ0n) is 22.6. The highest BCUT2D eigenvalue weighted by atomic mass is 32.2. The Bertz CT molecular complexity index is 1380. The van der Waals surface area contributed by atoms with Crippen LogP contribution in [-0.2, 0) is 26.2 Å². The molecule has 0 aliphatic carbocycles. The lowest BCUT2D eigenvalue weighted by molar-refractivity contribution is -0.139. The Morgan fingerprint density at radius 2 is 1.62 bits per heavy atom. The molecule has 0 unspecified atom stereocenters. The summed E-state index contributed by atoms with van der Waals surface area (Å²) in [6, 6.07) is 17.3. The van der Waals surface area contributed by atoms with Crippen LogP contribution in [0.4, 0.5) is 10.1 Å². The summed E-state index contributed by atoms with van der Waals surface area (Å²) in [6.45, 7) is 7.46. The van der Waals surface area contributed by atoms with Gasteiger partial charge >= 0.3 is 0 Å². The zero-order chi connectivity index (χ0) is 28.6. The molecule has 0 spiro atoms. The molecule has 0 aliphatic heterocycles. The molecule has 0 fully saturated rings. The number of halogens is 1. The van der Waals surface area contributed by atoms with Crippen LogP contribution in [0.3, 0.4) is 0 Å². The van der Waals surface area contributed by atoms with Gasteiger partial charge in [0.1, 0.15) is 24.2 Å². The summed E-state index contributed by atoms with van der Waals surface area (Å²) < 4.78 is 47.5. The van der Waals surface area contributed by atoms with E-state index in [2.05, 4.69) is 5.32 Å². The molecule has 10 heteroatoms. The van der Waals surface area contributed by atoms with Gasteiger partial charge in [-0.25, -0.2) is 12.8 Å². The van der Waals surface area contributed by atoms with Gasteiger partial charge in [0.05, 0.1) is 17.2 Å². The minimum Gasteiger partial charge on any atom is -0.494 e. The van der Waals surface area contributed by atoms with Gasteiger partial charge in [0, 0.05) is 13.1 Å². The van der Waals surface area contributed by atoms with Crippen molar-refractivity contribution in [1.29, 1.82) is 0 Å². The van der Waals surface area contributed by atoms with Crippen molar-refractivity contribution >= 4 is 27.5 Å². The van der Waals surface area contributed by atoms with Gasteiger partial charge in [-0.05, 0) is 87.4 Å². The molecule has 2 amide bonds. The first kappa shape index (κ1) is 29.6. The van der Waals surface area contributed by atoms with Crippen LogP contribution in [0.2, 0.25) is 0 Å². The molecular formula is C29H34FN3O5S. The second-order valence-electron chi connectivity index (χ2n) is 8.91. The predicted octanol–water partition coefficient (Wildman–Crippen LogP) is 4.28. The Balaban J connectivity index is 2.04. The molecule has 1 N–H and O–H groups in total. The third-order valence-electron chi connectivity index (χ3n) is 6.24. The van der Waals surface area contributed by atoms with E-state index in [-0.39, 0.29) is 23.0 Å². The Kier molecular flexibility index (Phi) is 10.1. The van der Waals surface area contributed by atoms with Gasteiger partial charge in [-0.15, -0.1) is 0 Å². The van der Waals surface area contributed by atoms with Crippen LogP contribution >= 0.6 is 0 Å². The summed E-state index contributed by atoms with van der Waals surface area (Å²) in [5.74, 6) is -0.972. The van der Waals surface area contributed by atoms with Gasteiger partial charge in [-0.3, -0.25) is 13.9 Å². The van der Waals surface area contributed by atoms with E-state index in [9.17, 15) is 22.4 Å². The van der Waals surface area contributed by atoms with Crippen molar-refractivity contribution in [3.63, 3.8) is 0 Å². The van der Waals surface area contributed by atoms with E-state index >= 15 is 0 Å². The van der Waals surface area contributed by atoms with Crippen LogP contribution < -0.4 is 14.4 Å². The molecule has 0 radical (unpaired) electrons. The number of amides is 2. The fraction of sp³-hybridized carbons (Fsp3) is 0.310. The summed E-state index contributed by atoms with van der Waals surface area (Å²) in [7, 11) is -4.28. The molecule has 0 aliphatic rings. The highest BCUT2D eigenvalue weighted by Crippen LogP contribution is 2.27. The van der Waals surface area contributed by atoms with Crippen LogP contribution in [0.25, 0.3) is 0 Å². The molecular weight excluding hydrogens is 521 g/mol. The molecule has 0 bridgehead atoms. The number of hydrogen-bond acceptors (Lipinski definition) is 5. The Hall–Kier alpha value is -3.92. The first-order valence-corrected chi connectivity index (χ1v) is 14.1. The molecule has 3 rings (SSSR count). The molecule has 0 saturated heterocycles. The first-order valence-electron chi connectivity index (χ1n) is 12.7. The van der Waals surface area contributed by atoms with Gasteiger partial charge in [-0.2, -0.15) is 0 Å². The highest BCUT2D eigenvalue weighted by Gasteiger charge is 2.32. The number of nitrogens with zero attached hydrogens (tertiary/aromatic N) is 2. The Morgan fingerprint density at radius 3 is 2.21 bits per heavy atom. The standard InChI is InChI=1S/C29H34FN3O5S/c1-5-31-29(35)22(4)32(19-23-10-8-7-9-21(23)3)28(34)20-33(25-13-15-26(16-14-25)38-6-2)39(36,37)27-17-11-24(30)12-18-27/h7-18,22H,5-6,19-20H2,1-4H3,(H,31,35)/t22-/m0/s1. The Morgan fingerprint density at radius 1 is 0.974 bits per heavy atom. The molecule has 1 atom stereocenters. The van der Waals surface area contributed by atoms with Crippen molar-refractivity contribution in [3.05, 3.63) is 89.7 Å². The van der Waals surface area contributed by atoms with Gasteiger partial charge in [0.25, 0.3) is 10.0 Å². The molecule has 0 aromatic heterocycles. The van der Waals surface area contributed by atoms with Gasteiger partial charge in [-0.1, -0.05) is 24.3 Å². The SMILES string of the molecule is CCNC(=O)[C@H](C)N(Cc1ccccc1C)C(=O)CN(c1ccc(OCC)cc1)S(=O)(=O)c1ccc(F)cc1. The molecule has 39 heavy (non-hydrogen) atoms. The molecule has 8 nitrogen and oxygen atoms in total. The number of sulfonamides is 1. The number of nitrogens with one attached hydrogen (secondary N) is 1. The van der Waals surface area contributed by atoms with E-state index in [4.69, 9.17) is 4.74 Å². The maximum absolute atomic E-state index is 13.8. The number of rotatable bonds is 12. The summed E-state index contributed by atoms with van der Waals surface area (Å²) in [6.07, 6.45) is 0.